The van der Waals surface area contributed by atoms with E-state index in [9.17, 15) is 9.59 Å². The molecule has 0 radical (unpaired) electrons. The van der Waals surface area contributed by atoms with E-state index in [1.807, 2.05) is 49.9 Å². The lowest BCUT2D eigenvalue weighted by molar-refractivity contribution is -0.125. The second-order valence-corrected chi connectivity index (χ2v) is 6.65. The van der Waals surface area contributed by atoms with Crippen LogP contribution >= 0.6 is 24.2 Å². The molecule has 1 atom stereocenters. The van der Waals surface area contributed by atoms with Gasteiger partial charge in [0.15, 0.2) is 0 Å². The molecule has 0 fully saturated rings. The van der Waals surface area contributed by atoms with Crippen molar-refractivity contribution >= 4 is 41.7 Å². The molecule has 7 heteroatoms. The molecule has 0 saturated heterocycles. The Bertz CT molecular complexity index is 512. The molecular weight excluding hydrogens is 334 g/mol. The average Bonchev–Trinajstić information content (AvgIpc) is 2.50. The van der Waals surface area contributed by atoms with Crippen molar-refractivity contribution in [3.05, 3.63) is 29.8 Å². The van der Waals surface area contributed by atoms with E-state index in [1.165, 1.54) is 0 Å². The van der Waals surface area contributed by atoms with E-state index in [-0.39, 0.29) is 36.7 Å². The number of halogens is 1. The van der Waals surface area contributed by atoms with Gasteiger partial charge in [0.25, 0.3) is 0 Å². The topological polar surface area (TPSA) is 84.2 Å². The number of benzene rings is 1. The van der Waals surface area contributed by atoms with Crippen LogP contribution in [0.3, 0.4) is 0 Å². The highest BCUT2D eigenvalue weighted by atomic mass is 35.5. The highest BCUT2D eigenvalue weighted by molar-refractivity contribution is 7.98. The summed E-state index contributed by atoms with van der Waals surface area (Å²) < 4.78 is 0. The van der Waals surface area contributed by atoms with Crippen molar-refractivity contribution in [2.45, 2.75) is 32.6 Å². The molecule has 0 saturated carbocycles. The monoisotopic (exact) mass is 359 g/mol. The molecule has 0 aliphatic heterocycles. The molecule has 0 unspecified atom stereocenters. The van der Waals surface area contributed by atoms with Gasteiger partial charge in [-0.25, -0.2) is 0 Å². The van der Waals surface area contributed by atoms with Crippen molar-refractivity contribution < 1.29 is 9.59 Å². The van der Waals surface area contributed by atoms with Gasteiger partial charge in [-0.3, -0.25) is 9.59 Å². The predicted octanol–water partition coefficient (Wildman–Crippen LogP) is 2.40. The standard InChI is InChI=1S/C16H25N3O2S.ClH/c1-4-22-10-12-6-5-7-13(8-12)19-14(20)9-18-16(21)15(17)11(2)3;/h5-8,11,15H,4,9-10,17H2,1-3H3,(H,18,21)(H,19,20);1H/t15-;/m0./s1. The third kappa shape index (κ3) is 8.25. The second-order valence-electron chi connectivity index (χ2n) is 5.37. The Morgan fingerprint density at radius 3 is 2.61 bits per heavy atom. The lowest BCUT2D eigenvalue weighted by atomic mass is 10.1. The SMILES string of the molecule is CCSCc1cccc(NC(=O)CNC(=O)[C@@H](N)C(C)C)c1.Cl. The van der Waals surface area contributed by atoms with Crippen LogP contribution in [0.1, 0.15) is 26.3 Å². The van der Waals surface area contributed by atoms with Crippen LogP contribution in [0.15, 0.2) is 24.3 Å². The normalized spacial score (nSPS) is 11.5. The van der Waals surface area contributed by atoms with Crippen molar-refractivity contribution in [3.63, 3.8) is 0 Å². The van der Waals surface area contributed by atoms with E-state index in [1.54, 1.807) is 0 Å². The molecule has 0 bridgehead atoms. The average molecular weight is 360 g/mol. The molecule has 0 spiro atoms. The van der Waals surface area contributed by atoms with Crippen LogP contribution in [0.25, 0.3) is 0 Å². The number of carbonyl (C=O) groups excluding carboxylic acids is 2. The van der Waals surface area contributed by atoms with Gasteiger partial charge < -0.3 is 16.4 Å². The third-order valence-electron chi connectivity index (χ3n) is 3.13. The zero-order valence-electron chi connectivity index (χ0n) is 13.8. The van der Waals surface area contributed by atoms with Crippen molar-refractivity contribution in [1.82, 2.24) is 5.32 Å². The van der Waals surface area contributed by atoms with Crippen LogP contribution in [0.5, 0.6) is 0 Å². The van der Waals surface area contributed by atoms with Gasteiger partial charge in [0.2, 0.25) is 11.8 Å². The molecule has 0 aromatic heterocycles. The van der Waals surface area contributed by atoms with Crippen LogP contribution in [0.4, 0.5) is 5.69 Å². The fraction of sp³-hybridized carbons (Fsp3) is 0.500. The summed E-state index contributed by atoms with van der Waals surface area (Å²) in [4.78, 5) is 23.6. The Kier molecular flexibility index (Phi) is 10.7. The molecule has 4 N–H and O–H groups in total. The summed E-state index contributed by atoms with van der Waals surface area (Å²) in [6, 6.07) is 7.13. The number of nitrogens with two attached hydrogens (primary N) is 1. The smallest absolute Gasteiger partial charge is 0.243 e. The molecule has 5 nitrogen and oxygen atoms in total. The molecule has 1 rings (SSSR count). The van der Waals surface area contributed by atoms with Crippen LogP contribution in [0.2, 0.25) is 0 Å². The quantitative estimate of drug-likeness (QED) is 0.665. The van der Waals surface area contributed by atoms with Crippen molar-refractivity contribution in [3.8, 4) is 0 Å². The maximum Gasteiger partial charge on any atom is 0.243 e. The summed E-state index contributed by atoms with van der Waals surface area (Å²) in [5.74, 6) is 1.44. The summed E-state index contributed by atoms with van der Waals surface area (Å²) in [6.45, 7) is 5.77. The van der Waals surface area contributed by atoms with Crippen LogP contribution in [0, 0.1) is 5.92 Å². The van der Waals surface area contributed by atoms with Crippen molar-refractivity contribution in [1.29, 1.82) is 0 Å². The van der Waals surface area contributed by atoms with E-state index in [0.29, 0.717) is 0 Å². The number of hydrogen-bond donors (Lipinski definition) is 3. The summed E-state index contributed by atoms with van der Waals surface area (Å²) in [7, 11) is 0. The Morgan fingerprint density at radius 1 is 1.30 bits per heavy atom. The molecule has 23 heavy (non-hydrogen) atoms. The van der Waals surface area contributed by atoms with Gasteiger partial charge in [-0.2, -0.15) is 11.8 Å². The summed E-state index contributed by atoms with van der Waals surface area (Å²) in [5, 5.41) is 5.33. The number of hydrogen-bond acceptors (Lipinski definition) is 4. The van der Waals surface area contributed by atoms with E-state index < -0.39 is 6.04 Å². The minimum Gasteiger partial charge on any atom is -0.346 e. The second kappa shape index (κ2) is 11.3. The van der Waals surface area contributed by atoms with Crippen LogP contribution in [-0.2, 0) is 15.3 Å². The lowest BCUT2D eigenvalue weighted by Gasteiger charge is -2.15. The first-order chi connectivity index (χ1) is 10.4. The molecule has 2 amide bonds. The van der Waals surface area contributed by atoms with E-state index in [0.717, 1.165) is 22.8 Å². The largest absolute Gasteiger partial charge is 0.346 e. The van der Waals surface area contributed by atoms with Crippen molar-refractivity contribution in [2.75, 3.05) is 17.6 Å². The van der Waals surface area contributed by atoms with Gasteiger partial charge in [0.1, 0.15) is 0 Å². The molecule has 130 valence electrons. The Labute approximate surface area is 148 Å². The Morgan fingerprint density at radius 2 is 2.00 bits per heavy atom. The molecule has 0 heterocycles. The summed E-state index contributed by atoms with van der Waals surface area (Å²) >= 11 is 1.83. The lowest BCUT2D eigenvalue weighted by Crippen LogP contribution is -2.46. The number of carbonyl (C=O) groups is 2. The Hall–Kier alpha value is -1.24. The van der Waals surface area contributed by atoms with E-state index >= 15 is 0 Å². The van der Waals surface area contributed by atoms with Gasteiger partial charge in [-0.05, 0) is 29.4 Å². The van der Waals surface area contributed by atoms with Crippen molar-refractivity contribution in [2.24, 2.45) is 11.7 Å². The summed E-state index contributed by atoms with van der Waals surface area (Å²) in [6.07, 6.45) is 0. The highest BCUT2D eigenvalue weighted by Crippen LogP contribution is 2.16. The van der Waals surface area contributed by atoms with Gasteiger partial charge in [-0.15, -0.1) is 12.4 Å². The zero-order chi connectivity index (χ0) is 16.5. The maximum absolute atomic E-state index is 11.9. The molecule has 0 aliphatic rings. The van der Waals surface area contributed by atoms with Gasteiger partial charge in [-0.1, -0.05) is 32.9 Å². The molecular formula is C16H26ClN3O2S. The van der Waals surface area contributed by atoms with Gasteiger partial charge in [0, 0.05) is 11.4 Å². The fourth-order valence-corrected chi connectivity index (χ4v) is 2.37. The van der Waals surface area contributed by atoms with Crippen LogP contribution in [-0.4, -0.2) is 30.2 Å². The number of anilines is 1. The maximum atomic E-state index is 11.9. The Balaban J connectivity index is 0.00000484. The third-order valence-corrected chi connectivity index (χ3v) is 4.07. The highest BCUT2D eigenvalue weighted by Gasteiger charge is 2.17. The van der Waals surface area contributed by atoms with Crippen LogP contribution < -0.4 is 16.4 Å². The number of amides is 2. The number of thioether (sulfide) groups is 1. The van der Waals surface area contributed by atoms with E-state index in [4.69, 9.17) is 5.73 Å². The first-order valence-electron chi connectivity index (χ1n) is 7.43. The summed E-state index contributed by atoms with van der Waals surface area (Å²) in [5.41, 5.74) is 7.62. The minimum atomic E-state index is -0.595. The van der Waals surface area contributed by atoms with E-state index in [2.05, 4.69) is 17.6 Å². The first kappa shape index (κ1) is 21.8. The molecule has 1 aromatic carbocycles. The predicted molar refractivity (Wildman–Crippen MR) is 100.0 cm³/mol. The molecule has 1 aromatic rings. The molecule has 0 aliphatic carbocycles. The van der Waals surface area contributed by atoms with Gasteiger partial charge in [0.05, 0.1) is 12.6 Å². The first-order valence-corrected chi connectivity index (χ1v) is 8.59. The fourth-order valence-electron chi connectivity index (χ4n) is 1.75. The minimum absolute atomic E-state index is 0. The zero-order valence-corrected chi connectivity index (χ0v) is 15.4. The number of nitrogens with one attached hydrogen (secondary N) is 2. The van der Waals surface area contributed by atoms with Gasteiger partial charge >= 0.3 is 0 Å². The number of rotatable bonds is 8.